The summed E-state index contributed by atoms with van der Waals surface area (Å²) in [6.07, 6.45) is 3.51. The first-order chi connectivity index (χ1) is 11.1. The molecule has 0 aliphatic carbocycles. The lowest BCUT2D eigenvalue weighted by Gasteiger charge is -2.14. The number of carbonyl (C=O) groups is 1. The summed E-state index contributed by atoms with van der Waals surface area (Å²) < 4.78 is 0. The normalized spacial score (nSPS) is 12.0. The summed E-state index contributed by atoms with van der Waals surface area (Å²) >= 11 is 0. The molecule has 3 rings (SSSR count). The Morgan fingerprint density at radius 3 is 2.74 bits per heavy atom. The molecule has 2 aromatic heterocycles. The van der Waals surface area contributed by atoms with Gasteiger partial charge in [0.1, 0.15) is 0 Å². The number of fused-ring (bicyclic) bond motifs is 1. The second-order valence-corrected chi connectivity index (χ2v) is 5.30. The topological polar surface area (TPSA) is 87.7 Å². The van der Waals surface area contributed by atoms with Crippen LogP contribution in [0.5, 0.6) is 0 Å². The Kier molecular flexibility index (Phi) is 4.14. The number of aromatic nitrogens is 3. The van der Waals surface area contributed by atoms with Crippen molar-refractivity contribution in [2.24, 2.45) is 0 Å². The Bertz CT molecular complexity index is 890. The van der Waals surface area contributed by atoms with Crippen molar-refractivity contribution >= 4 is 16.7 Å². The molecule has 1 aromatic carbocycles. The smallest absolute Gasteiger partial charge is 0.272 e. The molecule has 0 spiro atoms. The fraction of sp³-hybridized carbons (Fsp3) is 0.176. The maximum Gasteiger partial charge on any atom is 0.272 e. The standard InChI is InChI=1S/C17H16N4O2/c1-11(12-5-4-8-18-10-12)19-16(22)9-15-13-6-2-3-7-14(13)17(23)21-20-15/h2-8,10-11H,9H2,1H3,(H,19,22)(H,21,23)/t11-/m1/s1. The molecule has 0 bridgehead atoms. The molecule has 2 N–H and O–H groups in total. The Balaban J connectivity index is 1.79. The lowest BCUT2D eigenvalue weighted by atomic mass is 10.1. The number of aromatic amines is 1. The molecule has 1 atom stereocenters. The van der Waals surface area contributed by atoms with Crippen molar-refractivity contribution in [2.75, 3.05) is 0 Å². The molecule has 0 unspecified atom stereocenters. The van der Waals surface area contributed by atoms with Crippen LogP contribution in [-0.2, 0) is 11.2 Å². The van der Waals surface area contributed by atoms with Crippen LogP contribution in [0.2, 0.25) is 0 Å². The number of hydrogen-bond donors (Lipinski definition) is 2. The number of nitrogens with zero attached hydrogens (tertiary/aromatic N) is 2. The van der Waals surface area contributed by atoms with E-state index in [2.05, 4.69) is 20.5 Å². The fourth-order valence-electron chi connectivity index (χ4n) is 2.47. The van der Waals surface area contributed by atoms with Crippen molar-refractivity contribution < 1.29 is 4.79 Å². The summed E-state index contributed by atoms with van der Waals surface area (Å²) in [5, 5.41) is 10.6. The van der Waals surface area contributed by atoms with Crippen molar-refractivity contribution in [3.8, 4) is 0 Å². The molecule has 0 saturated carbocycles. The van der Waals surface area contributed by atoms with E-state index in [1.807, 2.05) is 25.1 Å². The summed E-state index contributed by atoms with van der Waals surface area (Å²) in [5.41, 5.74) is 1.23. The van der Waals surface area contributed by atoms with Crippen molar-refractivity contribution in [1.29, 1.82) is 0 Å². The van der Waals surface area contributed by atoms with E-state index >= 15 is 0 Å². The molecule has 23 heavy (non-hydrogen) atoms. The molecule has 0 aliphatic heterocycles. The average Bonchev–Trinajstić information content (AvgIpc) is 2.58. The zero-order chi connectivity index (χ0) is 16.2. The second-order valence-electron chi connectivity index (χ2n) is 5.30. The van der Waals surface area contributed by atoms with Crippen LogP contribution in [0.25, 0.3) is 10.8 Å². The summed E-state index contributed by atoms with van der Waals surface area (Å²) in [7, 11) is 0. The molecular weight excluding hydrogens is 292 g/mol. The zero-order valence-corrected chi connectivity index (χ0v) is 12.6. The van der Waals surface area contributed by atoms with E-state index in [-0.39, 0.29) is 23.9 Å². The van der Waals surface area contributed by atoms with Gasteiger partial charge in [0, 0.05) is 17.8 Å². The number of pyridine rings is 1. The molecule has 0 fully saturated rings. The van der Waals surface area contributed by atoms with E-state index < -0.39 is 0 Å². The van der Waals surface area contributed by atoms with Crippen LogP contribution < -0.4 is 10.9 Å². The van der Waals surface area contributed by atoms with Crippen molar-refractivity contribution in [2.45, 2.75) is 19.4 Å². The largest absolute Gasteiger partial charge is 0.349 e. The van der Waals surface area contributed by atoms with E-state index in [1.54, 1.807) is 30.6 Å². The summed E-state index contributed by atoms with van der Waals surface area (Å²) in [6, 6.07) is 10.7. The number of nitrogens with one attached hydrogen (secondary N) is 2. The Hall–Kier alpha value is -3.02. The number of H-pyrrole nitrogens is 1. The number of amides is 1. The first-order valence-corrected chi connectivity index (χ1v) is 7.31. The van der Waals surface area contributed by atoms with Crippen molar-refractivity contribution in [3.05, 3.63) is 70.4 Å². The predicted octanol–water partition coefficient (Wildman–Crippen LogP) is 1.74. The van der Waals surface area contributed by atoms with Gasteiger partial charge >= 0.3 is 0 Å². The lowest BCUT2D eigenvalue weighted by molar-refractivity contribution is -0.121. The predicted molar refractivity (Wildman–Crippen MR) is 86.9 cm³/mol. The molecule has 0 radical (unpaired) electrons. The SMILES string of the molecule is C[C@@H](NC(=O)Cc1n[nH]c(=O)c2ccccc12)c1cccnc1. The zero-order valence-electron chi connectivity index (χ0n) is 12.6. The van der Waals surface area contributed by atoms with Crippen molar-refractivity contribution in [3.63, 3.8) is 0 Å². The molecule has 0 saturated heterocycles. The fourth-order valence-corrected chi connectivity index (χ4v) is 2.47. The highest BCUT2D eigenvalue weighted by atomic mass is 16.1. The van der Waals surface area contributed by atoms with Crippen LogP contribution in [-0.4, -0.2) is 21.1 Å². The van der Waals surface area contributed by atoms with Gasteiger partial charge in [-0.05, 0) is 24.6 Å². The van der Waals surface area contributed by atoms with Gasteiger partial charge in [0.05, 0.1) is 23.5 Å². The van der Waals surface area contributed by atoms with Gasteiger partial charge in [-0.3, -0.25) is 14.6 Å². The van der Waals surface area contributed by atoms with Crippen LogP contribution in [0.1, 0.15) is 24.2 Å². The van der Waals surface area contributed by atoms with E-state index in [0.717, 1.165) is 5.56 Å². The number of benzene rings is 1. The van der Waals surface area contributed by atoms with E-state index in [9.17, 15) is 9.59 Å². The van der Waals surface area contributed by atoms with Gasteiger partial charge in [-0.2, -0.15) is 5.10 Å². The highest BCUT2D eigenvalue weighted by molar-refractivity contribution is 5.88. The monoisotopic (exact) mass is 308 g/mol. The number of carbonyl (C=O) groups excluding carboxylic acids is 1. The van der Waals surface area contributed by atoms with E-state index in [4.69, 9.17) is 0 Å². The van der Waals surface area contributed by atoms with Gasteiger partial charge in [-0.25, -0.2) is 5.10 Å². The molecule has 1 amide bonds. The highest BCUT2D eigenvalue weighted by Crippen LogP contribution is 2.14. The second kappa shape index (κ2) is 6.39. The van der Waals surface area contributed by atoms with Gasteiger partial charge in [-0.15, -0.1) is 0 Å². The maximum absolute atomic E-state index is 12.3. The van der Waals surface area contributed by atoms with Crippen LogP contribution in [0.3, 0.4) is 0 Å². The van der Waals surface area contributed by atoms with Gasteiger partial charge < -0.3 is 5.32 Å². The quantitative estimate of drug-likeness (QED) is 0.768. The highest BCUT2D eigenvalue weighted by Gasteiger charge is 2.13. The van der Waals surface area contributed by atoms with Gasteiger partial charge in [0.25, 0.3) is 5.56 Å². The van der Waals surface area contributed by atoms with Crippen LogP contribution in [0.15, 0.2) is 53.6 Å². The minimum absolute atomic E-state index is 0.0991. The minimum Gasteiger partial charge on any atom is -0.349 e. The Labute approximate surface area is 132 Å². The molecule has 3 aromatic rings. The number of hydrogen-bond acceptors (Lipinski definition) is 4. The molecule has 0 aliphatic rings. The van der Waals surface area contributed by atoms with E-state index in [0.29, 0.717) is 16.5 Å². The summed E-state index contributed by atoms with van der Waals surface area (Å²) in [5.74, 6) is -0.161. The third-order valence-electron chi connectivity index (χ3n) is 3.66. The average molecular weight is 308 g/mol. The first-order valence-electron chi connectivity index (χ1n) is 7.31. The minimum atomic E-state index is -0.256. The van der Waals surface area contributed by atoms with Gasteiger partial charge in [0.2, 0.25) is 5.91 Å². The van der Waals surface area contributed by atoms with Gasteiger partial charge in [-0.1, -0.05) is 24.3 Å². The molecule has 6 nitrogen and oxygen atoms in total. The molecule has 116 valence electrons. The van der Waals surface area contributed by atoms with Crippen molar-refractivity contribution in [1.82, 2.24) is 20.5 Å². The number of rotatable bonds is 4. The van der Waals surface area contributed by atoms with Crippen LogP contribution in [0, 0.1) is 0 Å². The molecule has 6 heteroatoms. The third kappa shape index (κ3) is 3.26. The molecular formula is C17H16N4O2. The summed E-state index contributed by atoms with van der Waals surface area (Å²) in [6.45, 7) is 1.90. The Morgan fingerprint density at radius 2 is 2.00 bits per heavy atom. The first kappa shape index (κ1) is 14.9. The Morgan fingerprint density at radius 1 is 1.22 bits per heavy atom. The van der Waals surface area contributed by atoms with Crippen LogP contribution in [0.4, 0.5) is 0 Å². The van der Waals surface area contributed by atoms with Gasteiger partial charge in [0.15, 0.2) is 0 Å². The van der Waals surface area contributed by atoms with Crippen LogP contribution >= 0.6 is 0 Å². The molecule has 2 heterocycles. The lowest BCUT2D eigenvalue weighted by Crippen LogP contribution is -2.29. The third-order valence-corrected chi connectivity index (χ3v) is 3.66. The van der Waals surface area contributed by atoms with E-state index in [1.165, 1.54) is 0 Å². The summed E-state index contributed by atoms with van der Waals surface area (Å²) in [4.78, 5) is 28.1. The maximum atomic E-state index is 12.3.